The molecule has 0 saturated carbocycles. The van der Waals surface area contributed by atoms with Gasteiger partial charge in [0.2, 0.25) is 0 Å². The zero-order valence-corrected chi connectivity index (χ0v) is 9.83. The topological polar surface area (TPSA) is 38.3 Å². The summed E-state index contributed by atoms with van der Waals surface area (Å²) in [6.45, 7) is 5.63. The van der Waals surface area contributed by atoms with Crippen LogP contribution < -0.4 is 10.1 Å². The fraction of sp³-hybridized carbons (Fsp3) is 0.250. The number of nitrogens with one attached hydrogen (secondary N) is 1. The van der Waals surface area contributed by atoms with Crippen molar-refractivity contribution in [1.82, 2.24) is 5.32 Å². The van der Waals surface area contributed by atoms with Crippen molar-refractivity contribution in [2.45, 2.75) is 13.0 Å². The Labute approximate surface area is 100 Å². The number of hydrogen-bond donors (Lipinski definition) is 1. The van der Waals surface area contributed by atoms with Crippen molar-refractivity contribution in [3.05, 3.63) is 41.9 Å². The van der Waals surface area contributed by atoms with Gasteiger partial charge in [0.15, 0.2) is 6.10 Å². The quantitative estimate of drug-likeness (QED) is 0.802. The first-order valence-electron chi connectivity index (χ1n) is 4.94. The molecular formula is C12H14ClNO2. The zero-order chi connectivity index (χ0) is 12.0. The highest BCUT2D eigenvalue weighted by Gasteiger charge is 2.13. The lowest BCUT2D eigenvalue weighted by atomic mass is 10.3. The lowest BCUT2D eigenvalue weighted by Gasteiger charge is -2.14. The maximum absolute atomic E-state index is 11.5. The van der Waals surface area contributed by atoms with Crippen LogP contribution in [0.15, 0.2) is 36.9 Å². The van der Waals surface area contributed by atoms with Gasteiger partial charge in [0.05, 0.1) is 0 Å². The third-order valence-corrected chi connectivity index (χ3v) is 2.13. The monoisotopic (exact) mass is 239 g/mol. The molecule has 0 bridgehead atoms. The van der Waals surface area contributed by atoms with E-state index in [1.807, 2.05) is 0 Å². The van der Waals surface area contributed by atoms with Gasteiger partial charge in [-0.05, 0) is 25.1 Å². The van der Waals surface area contributed by atoms with Crippen LogP contribution in [-0.2, 0) is 4.79 Å². The molecule has 16 heavy (non-hydrogen) atoms. The Bertz CT molecular complexity index is 379. The number of ether oxygens (including phenoxy) is 1. The number of rotatable bonds is 5. The summed E-state index contributed by atoms with van der Waals surface area (Å²) in [5.41, 5.74) is 0. The van der Waals surface area contributed by atoms with E-state index >= 15 is 0 Å². The summed E-state index contributed by atoms with van der Waals surface area (Å²) < 4.78 is 5.42. The number of amides is 1. The summed E-state index contributed by atoms with van der Waals surface area (Å²) in [4.78, 5) is 11.5. The van der Waals surface area contributed by atoms with Crippen LogP contribution in [0.3, 0.4) is 0 Å². The maximum atomic E-state index is 11.5. The number of benzene rings is 1. The van der Waals surface area contributed by atoms with Crippen LogP contribution in [0.2, 0.25) is 5.02 Å². The molecule has 1 atom stereocenters. The fourth-order valence-corrected chi connectivity index (χ4v) is 1.29. The van der Waals surface area contributed by atoms with Crippen molar-refractivity contribution in [3.8, 4) is 5.75 Å². The van der Waals surface area contributed by atoms with Gasteiger partial charge in [-0.1, -0.05) is 23.7 Å². The summed E-state index contributed by atoms with van der Waals surface area (Å²) >= 11 is 5.80. The normalized spacial score (nSPS) is 11.6. The molecule has 1 rings (SSSR count). The standard InChI is InChI=1S/C12H14ClNO2/c1-3-7-14-12(15)9(2)16-11-6-4-5-10(13)8-11/h3-6,8-9H,1,7H2,2H3,(H,14,15). The predicted octanol–water partition coefficient (Wildman–Crippen LogP) is 2.41. The summed E-state index contributed by atoms with van der Waals surface area (Å²) in [5, 5.41) is 3.23. The minimum atomic E-state index is -0.557. The molecule has 1 aromatic rings. The minimum absolute atomic E-state index is 0.181. The van der Waals surface area contributed by atoms with E-state index in [1.165, 1.54) is 0 Å². The zero-order valence-electron chi connectivity index (χ0n) is 9.07. The molecule has 0 aliphatic heterocycles. The fourth-order valence-electron chi connectivity index (χ4n) is 1.11. The van der Waals surface area contributed by atoms with Crippen molar-refractivity contribution in [2.75, 3.05) is 6.54 Å². The van der Waals surface area contributed by atoms with Crippen LogP contribution >= 0.6 is 11.6 Å². The molecule has 1 N–H and O–H groups in total. The molecule has 0 saturated heterocycles. The largest absolute Gasteiger partial charge is 0.481 e. The molecule has 86 valence electrons. The van der Waals surface area contributed by atoms with E-state index in [0.717, 1.165) is 0 Å². The van der Waals surface area contributed by atoms with E-state index in [2.05, 4.69) is 11.9 Å². The van der Waals surface area contributed by atoms with Gasteiger partial charge in [-0.3, -0.25) is 4.79 Å². The van der Waals surface area contributed by atoms with Crippen LogP contribution in [-0.4, -0.2) is 18.6 Å². The summed E-state index contributed by atoms with van der Waals surface area (Å²) in [6.07, 6.45) is 1.06. The SMILES string of the molecule is C=CCNC(=O)C(C)Oc1cccc(Cl)c1. The van der Waals surface area contributed by atoms with Gasteiger partial charge in [0.1, 0.15) is 5.75 Å². The maximum Gasteiger partial charge on any atom is 0.261 e. The molecule has 0 aromatic heterocycles. The molecule has 1 amide bonds. The average molecular weight is 240 g/mol. The van der Waals surface area contributed by atoms with Gasteiger partial charge >= 0.3 is 0 Å². The second-order valence-corrected chi connectivity index (χ2v) is 3.69. The van der Waals surface area contributed by atoms with Gasteiger partial charge in [0.25, 0.3) is 5.91 Å². The van der Waals surface area contributed by atoms with Crippen LogP contribution in [0.4, 0.5) is 0 Å². The number of halogens is 1. The third kappa shape index (κ3) is 3.95. The van der Waals surface area contributed by atoms with E-state index in [1.54, 1.807) is 37.3 Å². The number of hydrogen-bond acceptors (Lipinski definition) is 2. The first-order valence-corrected chi connectivity index (χ1v) is 5.32. The highest BCUT2D eigenvalue weighted by atomic mass is 35.5. The Morgan fingerprint density at radius 2 is 2.44 bits per heavy atom. The second kappa shape index (κ2) is 6.18. The van der Waals surface area contributed by atoms with Crippen molar-refractivity contribution < 1.29 is 9.53 Å². The molecule has 3 nitrogen and oxygen atoms in total. The Morgan fingerprint density at radius 1 is 1.69 bits per heavy atom. The van der Waals surface area contributed by atoms with E-state index in [4.69, 9.17) is 16.3 Å². The average Bonchev–Trinajstić information content (AvgIpc) is 2.25. The van der Waals surface area contributed by atoms with Gasteiger partial charge in [-0.25, -0.2) is 0 Å². The Kier molecular flexibility index (Phi) is 4.86. The Hall–Kier alpha value is -1.48. The molecular weight excluding hydrogens is 226 g/mol. The number of carbonyl (C=O) groups is 1. The van der Waals surface area contributed by atoms with Crippen LogP contribution in [0.1, 0.15) is 6.92 Å². The molecule has 0 spiro atoms. The van der Waals surface area contributed by atoms with Crippen molar-refractivity contribution in [1.29, 1.82) is 0 Å². The van der Waals surface area contributed by atoms with E-state index in [0.29, 0.717) is 17.3 Å². The molecule has 0 fully saturated rings. The van der Waals surface area contributed by atoms with Gasteiger partial charge in [0, 0.05) is 11.6 Å². The van der Waals surface area contributed by atoms with Crippen molar-refractivity contribution in [2.24, 2.45) is 0 Å². The first kappa shape index (κ1) is 12.6. The predicted molar refractivity (Wildman–Crippen MR) is 64.7 cm³/mol. The van der Waals surface area contributed by atoms with Crippen LogP contribution in [0.5, 0.6) is 5.75 Å². The van der Waals surface area contributed by atoms with Gasteiger partial charge < -0.3 is 10.1 Å². The molecule has 0 aliphatic carbocycles. The highest BCUT2D eigenvalue weighted by Crippen LogP contribution is 2.18. The van der Waals surface area contributed by atoms with Gasteiger partial charge in [-0.15, -0.1) is 6.58 Å². The molecule has 0 radical (unpaired) electrons. The molecule has 0 heterocycles. The smallest absolute Gasteiger partial charge is 0.261 e. The van der Waals surface area contributed by atoms with E-state index in [-0.39, 0.29) is 5.91 Å². The second-order valence-electron chi connectivity index (χ2n) is 3.25. The van der Waals surface area contributed by atoms with Crippen molar-refractivity contribution in [3.63, 3.8) is 0 Å². The third-order valence-electron chi connectivity index (χ3n) is 1.90. The van der Waals surface area contributed by atoms with Crippen molar-refractivity contribution >= 4 is 17.5 Å². The first-order chi connectivity index (χ1) is 7.63. The summed E-state index contributed by atoms with van der Waals surface area (Å²) in [6, 6.07) is 6.94. The molecule has 1 aromatic carbocycles. The molecule has 0 aliphatic rings. The summed E-state index contributed by atoms with van der Waals surface area (Å²) in [7, 11) is 0. The Morgan fingerprint density at radius 3 is 3.06 bits per heavy atom. The highest BCUT2D eigenvalue weighted by molar-refractivity contribution is 6.30. The van der Waals surface area contributed by atoms with E-state index < -0.39 is 6.10 Å². The molecule has 1 unspecified atom stereocenters. The number of carbonyl (C=O) groups excluding carboxylic acids is 1. The lowest BCUT2D eigenvalue weighted by Crippen LogP contribution is -2.36. The summed E-state index contributed by atoms with van der Waals surface area (Å²) in [5.74, 6) is 0.397. The van der Waals surface area contributed by atoms with Crippen LogP contribution in [0, 0.1) is 0 Å². The van der Waals surface area contributed by atoms with E-state index in [9.17, 15) is 4.79 Å². The lowest BCUT2D eigenvalue weighted by molar-refractivity contribution is -0.127. The van der Waals surface area contributed by atoms with Crippen LogP contribution in [0.25, 0.3) is 0 Å². The van der Waals surface area contributed by atoms with Gasteiger partial charge in [-0.2, -0.15) is 0 Å². The minimum Gasteiger partial charge on any atom is -0.481 e. The molecule has 4 heteroatoms. The Balaban J connectivity index is 2.53.